The van der Waals surface area contributed by atoms with E-state index in [1.807, 2.05) is 0 Å². The van der Waals surface area contributed by atoms with E-state index in [0.717, 1.165) is 0 Å². The minimum absolute atomic E-state index is 0.0307. The van der Waals surface area contributed by atoms with Crippen LogP contribution in [0.1, 0.15) is 6.42 Å². The number of hydrogen-bond donors (Lipinski definition) is 5. The van der Waals surface area contributed by atoms with Gasteiger partial charge in [0.25, 0.3) is 0 Å². The van der Waals surface area contributed by atoms with E-state index in [1.54, 1.807) is 0 Å². The molecule has 11 heteroatoms. The van der Waals surface area contributed by atoms with Gasteiger partial charge in [-0.3, -0.25) is 4.52 Å². The van der Waals surface area contributed by atoms with Gasteiger partial charge < -0.3 is 25.5 Å². The molecule has 86 valence electrons. The van der Waals surface area contributed by atoms with Crippen molar-refractivity contribution in [2.45, 2.75) is 12.7 Å². The summed E-state index contributed by atoms with van der Waals surface area (Å²) in [5.74, 6) is 0. The molecular weight excluding hydrogens is 240 g/mol. The first-order valence-electron chi connectivity index (χ1n) is 3.32. The third kappa shape index (κ3) is 7.57. The molecule has 2 unspecified atom stereocenters. The zero-order valence-corrected chi connectivity index (χ0v) is 8.67. The third-order valence-electron chi connectivity index (χ3n) is 0.878. The van der Waals surface area contributed by atoms with E-state index in [9.17, 15) is 9.13 Å². The second-order valence-electron chi connectivity index (χ2n) is 2.18. The van der Waals surface area contributed by atoms with Crippen LogP contribution in [0.25, 0.3) is 0 Å². The summed E-state index contributed by atoms with van der Waals surface area (Å²) in [5, 5.41) is 8.81. The fourth-order valence-electron chi connectivity index (χ4n) is 0.503. The summed E-state index contributed by atoms with van der Waals surface area (Å²) in [6.07, 6.45) is -1.89. The highest BCUT2D eigenvalue weighted by Gasteiger charge is 2.34. The number of phosphoric acid groups is 2. The molecule has 0 fully saturated rings. The van der Waals surface area contributed by atoms with Crippen molar-refractivity contribution in [2.24, 2.45) is 5.73 Å². The molecule has 0 spiro atoms. The molecule has 9 nitrogen and oxygen atoms in total. The molecule has 0 radical (unpaired) electrons. The molecule has 0 rings (SSSR count). The topological polar surface area (TPSA) is 160 Å². The van der Waals surface area contributed by atoms with Crippen LogP contribution in [0.3, 0.4) is 0 Å². The molecule has 0 aromatic heterocycles. The Morgan fingerprint density at radius 3 is 2.14 bits per heavy atom. The number of nitrogens with two attached hydrogens (primary N) is 1. The molecule has 0 aliphatic heterocycles. The van der Waals surface area contributed by atoms with E-state index in [-0.39, 0.29) is 13.0 Å². The Balaban J connectivity index is 4.21. The van der Waals surface area contributed by atoms with Crippen molar-refractivity contribution in [2.75, 3.05) is 6.54 Å². The van der Waals surface area contributed by atoms with E-state index >= 15 is 0 Å². The van der Waals surface area contributed by atoms with Crippen molar-refractivity contribution >= 4 is 15.6 Å². The Morgan fingerprint density at radius 1 is 1.29 bits per heavy atom. The summed E-state index contributed by atoms with van der Waals surface area (Å²) in [6.45, 7) is -0.0307. The lowest BCUT2D eigenvalue weighted by Crippen LogP contribution is -2.16. The highest BCUT2D eigenvalue weighted by Crippen LogP contribution is 2.58. The highest BCUT2D eigenvalue weighted by molar-refractivity contribution is 7.60. The largest absolute Gasteiger partial charge is 0.483 e. The van der Waals surface area contributed by atoms with Gasteiger partial charge in [0.1, 0.15) is 0 Å². The molecule has 0 heterocycles. The van der Waals surface area contributed by atoms with E-state index in [2.05, 4.69) is 8.83 Å². The number of hydrogen-bond acceptors (Lipinski definition) is 6. The molecule has 14 heavy (non-hydrogen) atoms. The van der Waals surface area contributed by atoms with Gasteiger partial charge >= 0.3 is 15.6 Å². The normalized spacial score (nSPS) is 18.9. The maximum absolute atomic E-state index is 10.7. The second kappa shape index (κ2) is 5.32. The summed E-state index contributed by atoms with van der Waals surface area (Å²) in [6, 6.07) is 0. The van der Waals surface area contributed by atoms with Crippen LogP contribution in [0.4, 0.5) is 0 Å². The monoisotopic (exact) mass is 251 g/mol. The van der Waals surface area contributed by atoms with Crippen LogP contribution in [0, 0.1) is 0 Å². The van der Waals surface area contributed by atoms with Gasteiger partial charge in [-0.15, -0.1) is 0 Å². The standard InChI is InChI=1S/C3H11NO8P2/c4-2-1-3(5)11-14(9,10)12-13(6,7)8/h3,5H,1-2,4H2,(H,9,10)(H2,6,7,8). The van der Waals surface area contributed by atoms with E-state index in [4.69, 9.17) is 25.5 Å². The van der Waals surface area contributed by atoms with Crippen LogP contribution >= 0.6 is 15.6 Å². The molecular formula is C3H11NO8P2. The molecule has 2 atom stereocenters. The van der Waals surface area contributed by atoms with Gasteiger partial charge in [0.2, 0.25) is 0 Å². The molecule has 0 bridgehead atoms. The van der Waals surface area contributed by atoms with Crippen LogP contribution in [0.2, 0.25) is 0 Å². The first kappa shape index (κ1) is 14.2. The van der Waals surface area contributed by atoms with Crippen molar-refractivity contribution in [3.63, 3.8) is 0 Å². The van der Waals surface area contributed by atoms with Crippen molar-refractivity contribution in [1.82, 2.24) is 0 Å². The quantitative estimate of drug-likeness (QED) is 0.291. The Morgan fingerprint density at radius 2 is 1.79 bits per heavy atom. The Hall–Kier alpha value is 0.180. The Labute approximate surface area is 79.3 Å². The van der Waals surface area contributed by atoms with Gasteiger partial charge in [-0.05, 0) is 6.54 Å². The number of rotatable bonds is 6. The summed E-state index contributed by atoms with van der Waals surface area (Å²) >= 11 is 0. The van der Waals surface area contributed by atoms with Gasteiger partial charge in [0, 0.05) is 6.42 Å². The van der Waals surface area contributed by atoms with Gasteiger partial charge in [-0.1, -0.05) is 0 Å². The van der Waals surface area contributed by atoms with Gasteiger partial charge in [0.05, 0.1) is 0 Å². The molecule has 6 N–H and O–H groups in total. The van der Waals surface area contributed by atoms with Crippen LogP contribution in [-0.4, -0.2) is 32.6 Å². The average molecular weight is 251 g/mol. The number of aliphatic hydroxyl groups is 1. The zero-order chi connectivity index (χ0) is 11.4. The molecule has 0 saturated carbocycles. The van der Waals surface area contributed by atoms with Gasteiger partial charge in [-0.2, -0.15) is 4.31 Å². The van der Waals surface area contributed by atoms with Crippen molar-refractivity contribution < 1.29 is 37.8 Å². The second-order valence-corrected chi connectivity index (χ2v) is 4.96. The van der Waals surface area contributed by atoms with E-state index in [0.29, 0.717) is 0 Å². The maximum Gasteiger partial charge on any atom is 0.483 e. The SMILES string of the molecule is NCCC(O)OP(=O)(O)OP(=O)(O)O. The minimum Gasteiger partial charge on any atom is -0.367 e. The van der Waals surface area contributed by atoms with Gasteiger partial charge in [-0.25, -0.2) is 9.13 Å². The predicted molar refractivity (Wildman–Crippen MR) is 43.7 cm³/mol. The third-order valence-corrected chi connectivity index (χ3v) is 3.06. The summed E-state index contributed by atoms with van der Waals surface area (Å²) < 4.78 is 28.2. The first-order valence-corrected chi connectivity index (χ1v) is 6.35. The molecule has 0 aliphatic rings. The summed E-state index contributed by atoms with van der Waals surface area (Å²) in [5.41, 5.74) is 4.97. The maximum atomic E-state index is 10.7. The number of aliphatic hydroxyl groups excluding tert-OH is 1. The molecule has 0 saturated heterocycles. The lowest BCUT2D eigenvalue weighted by molar-refractivity contribution is -0.0389. The van der Waals surface area contributed by atoms with Crippen molar-refractivity contribution in [3.05, 3.63) is 0 Å². The first-order chi connectivity index (χ1) is 6.16. The van der Waals surface area contributed by atoms with Crippen LogP contribution < -0.4 is 5.73 Å². The number of phosphoric ester groups is 1. The fourth-order valence-corrected chi connectivity index (χ4v) is 2.14. The fraction of sp³-hybridized carbons (Fsp3) is 1.00. The minimum atomic E-state index is -5.14. The highest BCUT2D eigenvalue weighted by atomic mass is 31.3. The van der Waals surface area contributed by atoms with Crippen LogP contribution in [0.15, 0.2) is 0 Å². The van der Waals surface area contributed by atoms with Crippen LogP contribution in [0.5, 0.6) is 0 Å². The smallest absolute Gasteiger partial charge is 0.367 e. The predicted octanol–water partition coefficient (Wildman–Crippen LogP) is -1.12. The summed E-state index contributed by atoms with van der Waals surface area (Å²) in [7, 11) is -10.1. The van der Waals surface area contributed by atoms with Crippen molar-refractivity contribution in [1.29, 1.82) is 0 Å². The summed E-state index contributed by atoms with van der Waals surface area (Å²) in [4.78, 5) is 25.0. The van der Waals surface area contributed by atoms with Gasteiger partial charge in [0.15, 0.2) is 6.29 Å². The molecule has 0 aromatic carbocycles. The van der Waals surface area contributed by atoms with E-state index in [1.165, 1.54) is 0 Å². The average Bonchev–Trinajstić information content (AvgIpc) is 1.78. The molecule has 0 aliphatic carbocycles. The Kier molecular flexibility index (Phi) is 5.38. The molecule has 0 aromatic rings. The van der Waals surface area contributed by atoms with Crippen molar-refractivity contribution in [3.8, 4) is 0 Å². The Bertz CT molecular complexity index is 261. The van der Waals surface area contributed by atoms with Crippen LogP contribution in [-0.2, 0) is 18.0 Å². The van der Waals surface area contributed by atoms with E-state index < -0.39 is 21.9 Å². The lowest BCUT2D eigenvalue weighted by Gasteiger charge is -2.15. The lowest BCUT2D eigenvalue weighted by atomic mass is 10.4. The molecule has 0 amide bonds. The zero-order valence-electron chi connectivity index (χ0n) is 6.89.